The Kier molecular flexibility index (Phi) is 5.03. The van der Waals surface area contributed by atoms with E-state index in [-0.39, 0.29) is 5.56 Å². The summed E-state index contributed by atoms with van der Waals surface area (Å²) in [5.74, 6) is 0.927. The molecule has 0 spiro atoms. The molecule has 0 amide bonds. The van der Waals surface area contributed by atoms with Crippen molar-refractivity contribution in [1.29, 1.82) is 0 Å². The van der Waals surface area contributed by atoms with E-state index >= 15 is 0 Å². The summed E-state index contributed by atoms with van der Waals surface area (Å²) < 4.78 is 3.69. The van der Waals surface area contributed by atoms with Crippen LogP contribution in [0.2, 0.25) is 0 Å². The molecule has 1 aromatic carbocycles. The maximum absolute atomic E-state index is 11.9. The predicted octanol–water partition coefficient (Wildman–Crippen LogP) is 3.29. The molecule has 0 N–H and O–H groups in total. The molecule has 4 rings (SSSR count). The van der Waals surface area contributed by atoms with Gasteiger partial charge in [-0.05, 0) is 18.3 Å². The molecule has 146 valence electrons. The third-order valence-electron chi connectivity index (χ3n) is 5.53. The van der Waals surface area contributed by atoms with Crippen LogP contribution in [0.3, 0.4) is 0 Å². The van der Waals surface area contributed by atoms with Gasteiger partial charge in [0.05, 0.1) is 23.9 Å². The van der Waals surface area contributed by atoms with Gasteiger partial charge in [-0.2, -0.15) is 5.10 Å². The van der Waals surface area contributed by atoms with Gasteiger partial charge in [0.1, 0.15) is 0 Å². The van der Waals surface area contributed by atoms with Crippen LogP contribution in [0, 0.1) is 5.92 Å². The first kappa shape index (κ1) is 18.5. The molecule has 0 radical (unpaired) electrons. The van der Waals surface area contributed by atoms with Gasteiger partial charge in [-0.25, -0.2) is 9.67 Å². The maximum atomic E-state index is 11.9. The second kappa shape index (κ2) is 7.62. The minimum absolute atomic E-state index is 0.0647. The average molecular weight is 377 g/mol. The van der Waals surface area contributed by atoms with Crippen LogP contribution >= 0.6 is 0 Å². The number of rotatable bonds is 5. The third-order valence-corrected chi connectivity index (χ3v) is 5.53. The summed E-state index contributed by atoms with van der Waals surface area (Å²) in [5.41, 5.74) is 4.40. The van der Waals surface area contributed by atoms with E-state index in [1.807, 2.05) is 12.4 Å². The maximum Gasteiger partial charge on any atom is 0.268 e. The second-order valence-electron chi connectivity index (χ2n) is 7.93. The molecule has 0 bridgehead atoms. The Balaban J connectivity index is 1.53. The SMILES string of the molecule is CC(C)c1c(-c2ccccc2)ncn1CC1CCN(c2cnn(C)c(=O)c2)C1. The van der Waals surface area contributed by atoms with Gasteiger partial charge >= 0.3 is 0 Å². The first-order valence-electron chi connectivity index (χ1n) is 9.91. The minimum Gasteiger partial charge on any atom is -0.370 e. The number of aromatic nitrogens is 4. The summed E-state index contributed by atoms with van der Waals surface area (Å²) in [6, 6.07) is 12.1. The minimum atomic E-state index is -0.0647. The molecule has 1 fully saturated rings. The molecule has 6 heteroatoms. The predicted molar refractivity (Wildman–Crippen MR) is 112 cm³/mol. The standard InChI is InChI=1S/C22H27N5O/c1-16(2)22-21(18-7-5-4-6-8-18)23-15-27(22)14-17-9-10-26(13-17)19-11-20(28)25(3)24-12-19/h4-8,11-12,15-17H,9-10,13-14H2,1-3H3. The number of benzene rings is 1. The van der Waals surface area contributed by atoms with E-state index in [9.17, 15) is 4.79 Å². The lowest BCUT2D eigenvalue weighted by Gasteiger charge is -2.19. The monoisotopic (exact) mass is 377 g/mol. The number of aryl methyl sites for hydroxylation is 1. The lowest BCUT2D eigenvalue weighted by atomic mass is 10.0. The van der Waals surface area contributed by atoms with E-state index in [0.29, 0.717) is 11.8 Å². The van der Waals surface area contributed by atoms with Gasteiger partial charge in [-0.1, -0.05) is 44.2 Å². The van der Waals surface area contributed by atoms with Crippen molar-refractivity contribution in [1.82, 2.24) is 19.3 Å². The molecule has 3 heterocycles. The number of anilines is 1. The molecule has 28 heavy (non-hydrogen) atoms. The van der Waals surface area contributed by atoms with E-state index in [2.05, 4.69) is 52.7 Å². The molecule has 0 aliphatic carbocycles. The Bertz CT molecular complexity index is 1010. The van der Waals surface area contributed by atoms with Crippen LogP contribution in [0.1, 0.15) is 31.9 Å². The number of imidazole rings is 1. The normalized spacial score (nSPS) is 16.9. The van der Waals surface area contributed by atoms with Crippen LogP contribution in [0.4, 0.5) is 5.69 Å². The van der Waals surface area contributed by atoms with E-state index in [0.717, 1.165) is 37.4 Å². The zero-order valence-electron chi connectivity index (χ0n) is 16.7. The highest BCUT2D eigenvalue weighted by atomic mass is 16.1. The fourth-order valence-corrected chi connectivity index (χ4v) is 4.09. The molecule has 1 aliphatic rings. The van der Waals surface area contributed by atoms with Crippen molar-refractivity contribution in [2.24, 2.45) is 13.0 Å². The van der Waals surface area contributed by atoms with Gasteiger partial charge in [0.25, 0.3) is 5.56 Å². The van der Waals surface area contributed by atoms with Crippen LogP contribution < -0.4 is 10.5 Å². The topological polar surface area (TPSA) is 56.0 Å². The summed E-state index contributed by atoms with van der Waals surface area (Å²) in [6.45, 7) is 7.29. The highest BCUT2D eigenvalue weighted by Gasteiger charge is 2.25. The van der Waals surface area contributed by atoms with Gasteiger partial charge < -0.3 is 9.47 Å². The van der Waals surface area contributed by atoms with Crippen LogP contribution in [0.15, 0.2) is 53.7 Å². The summed E-state index contributed by atoms with van der Waals surface area (Å²) in [6.07, 6.45) is 4.87. The summed E-state index contributed by atoms with van der Waals surface area (Å²) in [5, 5.41) is 4.15. The smallest absolute Gasteiger partial charge is 0.268 e. The Labute approximate surface area is 165 Å². The molecular weight excluding hydrogens is 350 g/mol. The lowest BCUT2D eigenvalue weighted by Crippen LogP contribution is -2.25. The van der Waals surface area contributed by atoms with Gasteiger partial charge in [0.2, 0.25) is 0 Å². The van der Waals surface area contributed by atoms with Crippen molar-refractivity contribution in [3.05, 3.63) is 65.0 Å². The Morgan fingerprint density at radius 3 is 2.71 bits per heavy atom. The highest BCUT2D eigenvalue weighted by molar-refractivity contribution is 5.62. The number of hydrogen-bond donors (Lipinski definition) is 0. The van der Waals surface area contributed by atoms with Crippen LogP contribution in [0.25, 0.3) is 11.3 Å². The molecule has 1 saturated heterocycles. The van der Waals surface area contributed by atoms with Gasteiger partial charge in [-0.15, -0.1) is 0 Å². The van der Waals surface area contributed by atoms with Crippen LogP contribution in [-0.2, 0) is 13.6 Å². The molecule has 6 nitrogen and oxygen atoms in total. The molecule has 1 atom stereocenters. The zero-order valence-corrected chi connectivity index (χ0v) is 16.7. The van der Waals surface area contributed by atoms with Crippen molar-refractivity contribution in [2.75, 3.05) is 18.0 Å². The fourth-order valence-electron chi connectivity index (χ4n) is 4.09. The Hall–Kier alpha value is -2.89. The largest absolute Gasteiger partial charge is 0.370 e. The lowest BCUT2D eigenvalue weighted by molar-refractivity contribution is 0.470. The third kappa shape index (κ3) is 3.59. The van der Waals surface area contributed by atoms with Gasteiger partial charge in [0, 0.05) is 44.0 Å². The van der Waals surface area contributed by atoms with Crippen LogP contribution in [0.5, 0.6) is 0 Å². The van der Waals surface area contributed by atoms with E-state index < -0.39 is 0 Å². The Morgan fingerprint density at radius 1 is 1.21 bits per heavy atom. The van der Waals surface area contributed by atoms with Crippen LogP contribution in [-0.4, -0.2) is 32.4 Å². The van der Waals surface area contributed by atoms with Gasteiger partial charge in [0.15, 0.2) is 0 Å². The summed E-state index contributed by atoms with van der Waals surface area (Å²) in [7, 11) is 1.68. The average Bonchev–Trinajstić information content (AvgIpc) is 3.32. The molecule has 1 aliphatic heterocycles. The van der Waals surface area contributed by atoms with E-state index in [1.165, 1.54) is 15.9 Å². The molecule has 1 unspecified atom stereocenters. The molecule has 0 saturated carbocycles. The van der Waals surface area contributed by atoms with Crippen molar-refractivity contribution in [3.63, 3.8) is 0 Å². The van der Waals surface area contributed by atoms with Crippen molar-refractivity contribution in [2.45, 2.75) is 32.7 Å². The van der Waals surface area contributed by atoms with Crippen molar-refractivity contribution >= 4 is 5.69 Å². The summed E-state index contributed by atoms with van der Waals surface area (Å²) in [4.78, 5) is 18.9. The first-order chi connectivity index (χ1) is 13.5. The summed E-state index contributed by atoms with van der Waals surface area (Å²) >= 11 is 0. The number of hydrogen-bond acceptors (Lipinski definition) is 4. The Morgan fingerprint density at radius 2 is 2.00 bits per heavy atom. The van der Waals surface area contributed by atoms with E-state index in [4.69, 9.17) is 4.98 Å². The van der Waals surface area contributed by atoms with Crippen molar-refractivity contribution in [3.8, 4) is 11.3 Å². The highest BCUT2D eigenvalue weighted by Crippen LogP contribution is 2.30. The van der Waals surface area contributed by atoms with Crippen molar-refractivity contribution < 1.29 is 0 Å². The quantitative estimate of drug-likeness (QED) is 0.685. The van der Waals surface area contributed by atoms with Gasteiger partial charge in [-0.3, -0.25) is 4.79 Å². The second-order valence-corrected chi connectivity index (χ2v) is 7.93. The zero-order chi connectivity index (χ0) is 19.7. The number of nitrogens with zero attached hydrogens (tertiary/aromatic N) is 5. The molecule has 2 aromatic heterocycles. The van der Waals surface area contributed by atoms with E-state index in [1.54, 1.807) is 19.3 Å². The molecular formula is C22H27N5O. The molecule has 3 aromatic rings. The fraction of sp³-hybridized carbons (Fsp3) is 0.409. The first-order valence-corrected chi connectivity index (χ1v) is 9.91.